The maximum atomic E-state index is 13.2. The van der Waals surface area contributed by atoms with Crippen LogP contribution < -0.4 is 0 Å². The third-order valence-electron chi connectivity index (χ3n) is 7.41. The Labute approximate surface area is 206 Å². The van der Waals surface area contributed by atoms with Crippen molar-refractivity contribution in [1.29, 1.82) is 0 Å². The van der Waals surface area contributed by atoms with Gasteiger partial charge in [-0.05, 0) is 44.3 Å². The largest absolute Gasteiger partial charge is 0.458 e. The first kappa shape index (κ1) is 27.0. The fraction of sp³-hybridized carbons (Fsp3) is 0.731. The summed E-state index contributed by atoms with van der Waals surface area (Å²) in [5, 5.41) is 24.5. The lowest BCUT2D eigenvalue weighted by Crippen LogP contribution is -2.45. The van der Waals surface area contributed by atoms with E-state index >= 15 is 0 Å². The molecule has 0 saturated carbocycles. The van der Waals surface area contributed by atoms with Gasteiger partial charge in [-0.2, -0.15) is 0 Å². The van der Waals surface area contributed by atoms with Crippen LogP contribution in [0.15, 0.2) is 11.0 Å². The maximum Gasteiger partial charge on any atom is 0.309 e. The molecule has 0 spiro atoms. The number of aryl methyl sites for hydroxylation is 1. The van der Waals surface area contributed by atoms with E-state index in [1.165, 1.54) is 0 Å². The van der Waals surface area contributed by atoms with E-state index < -0.39 is 35.6 Å². The molecule has 2 saturated heterocycles. The molecule has 0 unspecified atom stereocenters. The third-order valence-corrected chi connectivity index (χ3v) is 8.20. The van der Waals surface area contributed by atoms with Crippen LogP contribution in [0.4, 0.5) is 0 Å². The van der Waals surface area contributed by atoms with Gasteiger partial charge >= 0.3 is 5.97 Å². The number of hydrogen-bond acceptors (Lipinski definition) is 8. The lowest BCUT2D eigenvalue weighted by Gasteiger charge is -2.34. The Kier molecular flexibility index (Phi) is 8.71. The Balaban J connectivity index is 1.81. The Bertz CT molecular complexity index is 909. The van der Waals surface area contributed by atoms with E-state index in [-0.39, 0.29) is 30.3 Å². The monoisotopic (exact) mass is 493 g/mol. The second-order valence-corrected chi connectivity index (χ2v) is 11.7. The average Bonchev–Trinajstić information content (AvgIpc) is 3.38. The van der Waals surface area contributed by atoms with Gasteiger partial charge in [0.15, 0.2) is 0 Å². The van der Waals surface area contributed by atoms with E-state index in [1.54, 1.807) is 32.1 Å². The fourth-order valence-electron chi connectivity index (χ4n) is 4.78. The molecule has 7 nitrogen and oxygen atoms in total. The number of hydrogen-bond donors (Lipinski definition) is 2. The van der Waals surface area contributed by atoms with Gasteiger partial charge in [-0.1, -0.05) is 34.1 Å². The molecule has 34 heavy (non-hydrogen) atoms. The zero-order chi connectivity index (χ0) is 25.2. The van der Waals surface area contributed by atoms with Gasteiger partial charge in [0.05, 0.1) is 47.0 Å². The minimum Gasteiger partial charge on any atom is -0.458 e. The molecule has 0 radical (unpaired) electrons. The summed E-state index contributed by atoms with van der Waals surface area (Å²) in [6.45, 7) is 10.8. The quantitative estimate of drug-likeness (QED) is 0.472. The second kappa shape index (κ2) is 11.0. The number of thiazole rings is 1. The van der Waals surface area contributed by atoms with E-state index in [0.717, 1.165) is 35.5 Å². The third kappa shape index (κ3) is 6.53. The highest BCUT2D eigenvalue weighted by molar-refractivity contribution is 7.09. The Morgan fingerprint density at radius 2 is 1.91 bits per heavy atom. The fourth-order valence-corrected chi connectivity index (χ4v) is 5.35. The predicted octanol–water partition coefficient (Wildman–Crippen LogP) is 4.09. The molecule has 1 aromatic heterocycles. The van der Waals surface area contributed by atoms with Crippen LogP contribution in [-0.4, -0.2) is 57.5 Å². The van der Waals surface area contributed by atoms with Gasteiger partial charge in [-0.15, -0.1) is 11.3 Å². The van der Waals surface area contributed by atoms with Crippen molar-refractivity contribution in [3.05, 3.63) is 21.7 Å². The number of ether oxygens (including phenoxy) is 2. The molecule has 2 fully saturated rings. The van der Waals surface area contributed by atoms with Crippen LogP contribution in [0.5, 0.6) is 0 Å². The van der Waals surface area contributed by atoms with Gasteiger partial charge in [0, 0.05) is 17.7 Å². The number of carbonyl (C=O) groups excluding carboxylic acids is 2. The summed E-state index contributed by atoms with van der Waals surface area (Å²) in [6.07, 6.45) is 2.28. The molecule has 3 rings (SSSR count). The van der Waals surface area contributed by atoms with Crippen LogP contribution in [0.1, 0.15) is 77.4 Å². The van der Waals surface area contributed by atoms with E-state index in [4.69, 9.17) is 9.47 Å². The summed E-state index contributed by atoms with van der Waals surface area (Å²) in [5.41, 5.74) is 0.494. The van der Waals surface area contributed by atoms with Crippen LogP contribution in [-0.2, 0) is 19.1 Å². The Hall–Kier alpha value is -1.61. The highest BCUT2D eigenvalue weighted by Crippen LogP contribution is 2.36. The molecule has 0 amide bonds. The maximum absolute atomic E-state index is 13.2. The number of esters is 1. The topological polar surface area (TPSA) is 109 Å². The van der Waals surface area contributed by atoms with Crippen molar-refractivity contribution in [2.75, 3.05) is 0 Å². The van der Waals surface area contributed by atoms with E-state index in [2.05, 4.69) is 4.98 Å². The van der Waals surface area contributed by atoms with Gasteiger partial charge in [-0.3, -0.25) is 9.59 Å². The van der Waals surface area contributed by atoms with Crippen LogP contribution in [0.25, 0.3) is 6.08 Å². The molecule has 0 aromatic carbocycles. The summed E-state index contributed by atoms with van der Waals surface area (Å²) in [4.78, 5) is 30.5. The Morgan fingerprint density at radius 3 is 2.56 bits per heavy atom. The van der Waals surface area contributed by atoms with Gasteiger partial charge in [-0.25, -0.2) is 4.98 Å². The first-order chi connectivity index (χ1) is 15.9. The molecule has 2 aliphatic heterocycles. The first-order valence-electron chi connectivity index (χ1n) is 12.3. The molecule has 2 N–H and O–H groups in total. The molecule has 3 heterocycles. The van der Waals surface area contributed by atoms with Gasteiger partial charge < -0.3 is 19.7 Å². The van der Waals surface area contributed by atoms with Crippen LogP contribution >= 0.6 is 11.3 Å². The van der Waals surface area contributed by atoms with Gasteiger partial charge in [0.25, 0.3) is 0 Å². The van der Waals surface area contributed by atoms with E-state index in [0.29, 0.717) is 6.42 Å². The smallest absolute Gasteiger partial charge is 0.309 e. The zero-order valence-electron chi connectivity index (χ0n) is 21.1. The minimum atomic E-state index is -1.22. The molecule has 7 atom stereocenters. The van der Waals surface area contributed by atoms with Crippen molar-refractivity contribution in [3.8, 4) is 0 Å². The second-order valence-electron chi connectivity index (χ2n) is 10.6. The van der Waals surface area contributed by atoms with Crippen molar-refractivity contribution in [2.24, 2.45) is 17.3 Å². The Morgan fingerprint density at radius 1 is 1.21 bits per heavy atom. The molecule has 2 aliphatic rings. The van der Waals surface area contributed by atoms with E-state index in [9.17, 15) is 19.8 Å². The van der Waals surface area contributed by atoms with Gasteiger partial charge in [0.2, 0.25) is 0 Å². The van der Waals surface area contributed by atoms with Crippen molar-refractivity contribution in [1.82, 2.24) is 4.98 Å². The number of aliphatic hydroxyl groups excluding tert-OH is 2. The van der Waals surface area contributed by atoms with Crippen molar-refractivity contribution in [3.63, 3.8) is 0 Å². The number of carbonyl (C=O) groups is 2. The highest BCUT2D eigenvalue weighted by Gasteiger charge is 2.44. The molecule has 8 heteroatoms. The molecule has 0 bridgehead atoms. The van der Waals surface area contributed by atoms with Crippen molar-refractivity contribution >= 4 is 29.2 Å². The lowest BCUT2D eigenvalue weighted by molar-refractivity contribution is -0.154. The summed E-state index contributed by atoms with van der Waals surface area (Å²) in [5.74, 6) is -1.52. The minimum absolute atomic E-state index is 0.00770. The number of aromatic nitrogens is 1. The summed E-state index contributed by atoms with van der Waals surface area (Å²) < 4.78 is 11.7. The number of Topliss-reactive ketones (excluding diaryl/α,β-unsaturated/α-hetero) is 1. The standard InChI is InChI=1S/C26H39NO6S/c1-14-8-7-9-19-21(32-19)11-20(15(2)10-18-13-34-17(4)27-18)33-23(29)12-22(28)26(5,6)25(31)16(3)24(14)30/h10,13-14,16,19-22,24,28,30H,7-9,11-12H2,1-6H3/t14-,16-,19-,20+,21+,22+,24+/m1/s1. The summed E-state index contributed by atoms with van der Waals surface area (Å²) in [7, 11) is 0. The van der Waals surface area contributed by atoms with Crippen molar-refractivity contribution < 1.29 is 29.3 Å². The number of nitrogens with zero attached hydrogens (tertiary/aromatic N) is 1. The number of ketones is 1. The first-order valence-corrected chi connectivity index (χ1v) is 13.1. The number of fused-ring (bicyclic) bond motifs is 1. The molecular weight excluding hydrogens is 454 g/mol. The zero-order valence-corrected chi connectivity index (χ0v) is 21.9. The lowest BCUT2D eigenvalue weighted by atomic mass is 9.73. The predicted molar refractivity (Wildman–Crippen MR) is 131 cm³/mol. The number of epoxide rings is 1. The highest BCUT2D eigenvalue weighted by atomic mass is 32.1. The molecule has 1 aromatic rings. The molecule has 190 valence electrons. The average molecular weight is 494 g/mol. The van der Waals surface area contributed by atoms with Crippen LogP contribution in [0.2, 0.25) is 0 Å². The van der Waals surface area contributed by atoms with Crippen LogP contribution in [0.3, 0.4) is 0 Å². The SMILES string of the molecule is CC(=Cc1csc(C)n1)[C@@H]1C[C@@H]2O[C@@H]2CCC[C@@H](C)[C@H](O)[C@@H](C)C(=O)C(C)(C)[C@@H](O)CC(=O)O1. The normalized spacial score (nSPS) is 36.0. The summed E-state index contributed by atoms with van der Waals surface area (Å²) >= 11 is 1.56. The number of cyclic esters (lactones) is 1. The molecule has 0 aliphatic carbocycles. The van der Waals surface area contributed by atoms with E-state index in [1.807, 2.05) is 32.2 Å². The molecular formula is C26H39NO6S. The van der Waals surface area contributed by atoms with Crippen molar-refractivity contribution in [2.45, 2.75) is 104 Å². The van der Waals surface area contributed by atoms with Crippen LogP contribution in [0, 0.1) is 24.2 Å². The number of aliphatic hydroxyl groups is 2. The number of rotatable bonds is 2. The van der Waals surface area contributed by atoms with Gasteiger partial charge in [0.1, 0.15) is 11.9 Å². The summed E-state index contributed by atoms with van der Waals surface area (Å²) in [6, 6.07) is 0.